The molecule has 4 rings (SSSR count). The quantitative estimate of drug-likeness (QED) is 0.459. The summed E-state index contributed by atoms with van der Waals surface area (Å²) in [7, 11) is 0. The molecule has 33 heavy (non-hydrogen) atoms. The van der Waals surface area contributed by atoms with Crippen molar-refractivity contribution in [2.24, 2.45) is 5.73 Å². The zero-order valence-electron chi connectivity index (χ0n) is 18.0. The topological polar surface area (TPSA) is 110 Å². The molecule has 8 heteroatoms. The molecule has 1 saturated heterocycles. The molecule has 0 aliphatic carbocycles. The number of hydrogen-bond acceptors (Lipinski definition) is 6. The van der Waals surface area contributed by atoms with E-state index in [-0.39, 0.29) is 23.4 Å². The van der Waals surface area contributed by atoms with Crippen molar-refractivity contribution in [1.82, 2.24) is 10.3 Å². The van der Waals surface area contributed by atoms with Gasteiger partial charge in [-0.3, -0.25) is 9.59 Å². The summed E-state index contributed by atoms with van der Waals surface area (Å²) in [5.74, 6) is 0.491. The van der Waals surface area contributed by atoms with E-state index in [0.29, 0.717) is 24.7 Å². The Kier molecular flexibility index (Phi) is 6.54. The van der Waals surface area contributed by atoms with Crippen LogP contribution in [0.1, 0.15) is 16.8 Å². The number of carbonyl (C=O) groups is 2. The second-order valence-electron chi connectivity index (χ2n) is 7.65. The molecule has 8 nitrogen and oxygen atoms in total. The number of nitrogens with two attached hydrogens (primary N) is 1. The fourth-order valence-corrected chi connectivity index (χ4v) is 3.62. The first-order valence-electron chi connectivity index (χ1n) is 10.6. The van der Waals surface area contributed by atoms with Crippen LogP contribution in [0.4, 0.5) is 17.2 Å². The summed E-state index contributed by atoms with van der Waals surface area (Å²) in [6.07, 6.45) is 2.04. The van der Waals surface area contributed by atoms with Gasteiger partial charge in [0.25, 0.3) is 5.91 Å². The Hall–Kier alpha value is -4.33. The highest BCUT2D eigenvalue weighted by Crippen LogP contribution is 2.29. The van der Waals surface area contributed by atoms with E-state index in [4.69, 9.17) is 10.5 Å². The van der Waals surface area contributed by atoms with Crippen LogP contribution in [-0.2, 0) is 4.79 Å². The van der Waals surface area contributed by atoms with Crippen LogP contribution >= 0.6 is 0 Å². The van der Waals surface area contributed by atoms with Crippen molar-refractivity contribution in [2.45, 2.75) is 12.5 Å². The lowest BCUT2D eigenvalue weighted by Gasteiger charge is -2.19. The molecule has 2 heterocycles. The lowest BCUT2D eigenvalue weighted by molar-refractivity contribution is -0.117. The molecule has 0 bridgehead atoms. The van der Waals surface area contributed by atoms with Crippen LogP contribution in [0, 0.1) is 0 Å². The monoisotopic (exact) mass is 443 g/mol. The van der Waals surface area contributed by atoms with Gasteiger partial charge >= 0.3 is 0 Å². The maximum absolute atomic E-state index is 11.9. The molecular formula is C25H25N5O3. The van der Waals surface area contributed by atoms with Crippen molar-refractivity contribution >= 4 is 29.0 Å². The van der Waals surface area contributed by atoms with Gasteiger partial charge in [0.15, 0.2) is 0 Å². The second kappa shape index (κ2) is 9.86. The van der Waals surface area contributed by atoms with Gasteiger partial charge in [-0.05, 0) is 61.0 Å². The molecule has 0 unspecified atom stereocenters. The molecular weight excluding hydrogens is 418 g/mol. The van der Waals surface area contributed by atoms with Crippen molar-refractivity contribution in [2.75, 3.05) is 23.3 Å². The zero-order chi connectivity index (χ0) is 23.2. The van der Waals surface area contributed by atoms with E-state index < -0.39 is 5.91 Å². The van der Waals surface area contributed by atoms with E-state index in [1.54, 1.807) is 24.3 Å². The lowest BCUT2D eigenvalue weighted by atomic mass is 10.2. The van der Waals surface area contributed by atoms with E-state index in [2.05, 4.69) is 22.2 Å². The Morgan fingerprint density at radius 1 is 1.06 bits per heavy atom. The number of para-hydroxylation sites is 1. The van der Waals surface area contributed by atoms with Crippen LogP contribution in [0.15, 0.2) is 79.4 Å². The summed E-state index contributed by atoms with van der Waals surface area (Å²) in [4.78, 5) is 30.1. The highest BCUT2D eigenvalue weighted by molar-refractivity contribution is 5.95. The molecule has 0 saturated carbocycles. The minimum Gasteiger partial charge on any atom is -0.438 e. The van der Waals surface area contributed by atoms with Gasteiger partial charge in [-0.1, -0.05) is 24.8 Å². The third-order valence-electron chi connectivity index (χ3n) is 5.29. The number of ether oxygens (including phenoxy) is 1. The summed E-state index contributed by atoms with van der Waals surface area (Å²) in [6, 6.07) is 20.5. The van der Waals surface area contributed by atoms with Crippen LogP contribution < -0.4 is 26.0 Å². The van der Waals surface area contributed by atoms with E-state index in [1.807, 2.05) is 47.4 Å². The molecule has 4 N–H and O–H groups in total. The Bertz CT molecular complexity index is 1150. The SMILES string of the molecule is C=CC(=O)N[C@H]1CCN(c2ccc(C(N)=O)c(Oc3ccc(Nc4ccccc4)cc3)n2)C1. The normalized spacial score (nSPS) is 15.0. The molecule has 1 atom stereocenters. The average Bonchev–Trinajstić information content (AvgIpc) is 3.29. The van der Waals surface area contributed by atoms with Crippen LogP contribution in [-0.4, -0.2) is 35.9 Å². The van der Waals surface area contributed by atoms with Gasteiger partial charge in [-0.15, -0.1) is 0 Å². The summed E-state index contributed by atoms with van der Waals surface area (Å²) in [5.41, 5.74) is 7.60. The van der Waals surface area contributed by atoms with Gasteiger partial charge in [0.2, 0.25) is 11.8 Å². The predicted molar refractivity (Wildman–Crippen MR) is 128 cm³/mol. The fourth-order valence-electron chi connectivity index (χ4n) is 3.62. The molecule has 2 aromatic carbocycles. The van der Waals surface area contributed by atoms with Gasteiger partial charge in [-0.25, -0.2) is 0 Å². The standard InChI is InChI=1S/C25H25N5O3/c1-2-23(31)28-19-14-15-30(16-19)22-13-12-21(24(26)32)25(29-22)33-20-10-8-18(9-11-20)27-17-6-4-3-5-7-17/h2-13,19,27H,1,14-16H2,(H2,26,32)(H,28,31)/t19-/m0/s1. The molecule has 1 aromatic heterocycles. The minimum absolute atomic E-state index is 0.00199. The van der Waals surface area contributed by atoms with Gasteiger partial charge in [0, 0.05) is 30.5 Å². The highest BCUT2D eigenvalue weighted by Gasteiger charge is 2.25. The highest BCUT2D eigenvalue weighted by atomic mass is 16.5. The first-order chi connectivity index (χ1) is 16.0. The van der Waals surface area contributed by atoms with Gasteiger partial charge in [0.1, 0.15) is 17.1 Å². The number of anilines is 3. The van der Waals surface area contributed by atoms with Crippen molar-refractivity contribution in [3.05, 3.63) is 84.9 Å². The number of hydrogen-bond donors (Lipinski definition) is 3. The lowest BCUT2D eigenvalue weighted by Crippen LogP contribution is -2.36. The molecule has 168 valence electrons. The Balaban J connectivity index is 1.49. The second-order valence-corrected chi connectivity index (χ2v) is 7.65. The molecule has 0 spiro atoms. The zero-order valence-corrected chi connectivity index (χ0v) is 18.0. The summed E-state index contributed by atoms with van der Waals surface area (Å²) >= 11 is 0. The summed E-state index contributed by atoms with van der Waals surface area (Å²) in [5, 5.41) is 6.20. The smallest absolute Gasteiger partial charge is 0.254 e. The first-order valence-corrected chi connectivity index (χ1v) is 10.6. The molecule has 1 aliphatic heterocycles. The molecule has 1 aliphatic rings. The largest absolute Gasteiger partial charge is 0.438 e. The summed E-state index contributed by atoms with van der Waals surface area (Å²) in [6.45, 7) is 4.79. The third-order valence-corrected chi connectivity index (χ3v) is 5.29. The summed E-state index contributed by atoms with van der Waals surface area (Å²) < 4.78 is 5.94. The number of benzene rings is 2. The maximum Gasteiger partial charge on any atom is 0.254 e. The van der Waals surface area contributed by atoms with E-state index in [1.165, 1.54) is 6.08 Å². The van der Waals surface area contributed by atoms with Crippen molar-refractivity contribution in [1.29, 1.82) is 0 Å². The van der Waals surface area contributed by atoms with E-state index in [0.717, 1.165) is 17.8 Å². The van der Waals surface area contributed by atoms with Crippen LogP contribution in [0.25, 0.3) is 0 Å². The number of nitrogens with zero attached hydrogens (tertiary/aromatic N) is 2. The van der Waals surface area contributed by atoms with Crippen molar-refractivity contribution in [3.8, 4) is 11.6 Å². The average molecular weight is 444 g/mol. The minimum atomic E-state index is -0.621. The third kappa shape index (κ3) is 5.48. The van der Waals surface area contributed by atoms with Gasteiger partial charge < -0.3 is 26.0 Å². The molecule has 2 amide bonds. The number of nitrogens with one attached hydrogen (secondary N) is 2. The maximum atomic E-state index is 11.9. The van der Waals surface area contributed by atoms with Gasteiger partial charge in [0.05, 0.1) is 0 Å². The van der Waals surface area contributed by atoms with E-state index >= 15 is 0 Å². The number of rotatable bonds is 8. The Morgan fingerprint density at radius 2 is 1.79 bits per heavy atom. The predicted octanol–water partition coefficient (Wildman–Crippen LogP) is 3.60. The van der Waals surface area contributed by atoms with Crippen molar-refractivity contribution < 1.29 is 14.3 Å². The molecule has 3 aromatic rings. The number of pyridine rings is 1. The fraction of sp³-hybridized carbons (Fsp3) is 0.160. The number of amides is 2. The molecule has 1 fully saturated rings. The Labute approximate surface area is 192 Å². The van der Waals surface area contributed by atoms with E-state index in [9.17, 15) is 9.59 Å². The van der Waals surface area contributed by atoms with Crippen LogP contribution in [0.5, 0.6) is 11.6 Å². The number of primary amides is 1. The Morgan fingerprint density at radius 3 is 2.48 bits per heavy atom. The molecule has 0 radical (unpaired) electrons. The number of aromatic nitrogens is 1. The van der Waals surface area contributed by atoms with Crippen LogP contribution in [0.3, 0.4) is 0 Å². The van der Waals surface area contributed by atoms with Crippen molar-refractivity contribution in [3.63, 3.8) is 0 Å². The van der Waals surface area contributed by atoms with Gasteiger partial charge in [-0.2, -0.15) is 4.98 Å². The first kappa shape index (κ1) is 21.9. The number of carbonyl (C=O) groups excluding carboxylic acids is 2. The van der Waals surface area contributed by atoms with Crippen LogP contribution in [0.2, 0.25) is 0 Å².